The van der Waals surface area contributed by atoms with Crippen molar-refractivity contribution in [2.24, 2.45) is 0 Å². The molecular formula is C9H11N3. The van der Waals surface area contributed by atoms with Crippen LogP contribution in [0.5, 0.6) is 0 Å². The van der Waals surface area contributed by atoms with Crippen molar-refractivity contribution in [3.05, 3.63) is 23.5 Å². The maximum Gasteiger partial charge on any atom is 0.0793 e. The van der Waals surface area contributed by atoms with Crippen LogP contribution in [-0.4, -0.2) is 10.2 Å². The predicted octanol–water partition coefficient (Wildman–Crippen LogP) is 1.67. The van der Waals surface area contributed by atoms with Crippen LogP contribution in [0, 0.1) is 11.3 Å². The third-order valence-electron chi connectivity index (χ3n) is 1.59. The molecule has 1 rings (SSSR count). The van der Waals surface area contributed by atoms with Crippen LogP contribution in [0.25, 0.3) is 0 Å². The highest BCUT2D eigenvalue weighted by Crippen LogP contribution is 2.09. The Morgan fingerprint density at radius 3 is 2.58 bits per heavy atom. The average Bonchev–Trinajstić information content (AvgIpc) is 2.06. The quantitative estimate of drug-likeness (QED) is 0.662. The highest BCUT2D eigenvalue weighted by Gasteiger charge is 2.00. The van der Waals surface area contributed by atoms with E-state index in [1.807, 2.05) is 18.2 Å². The third-order valence-corrected chi connectivity index (χ3v) is 1.59. The first-order valence-electron chi connectivity index (χ1n) is 3.93. The van der Waals surface area contributed by atoms with Crippen LogP contribution in [0.2, 0.25) is 0 Å². The molecule has 0 saturated heterocycles. The van der Waals surface area contributed by atoms with E-state index in [0.717, 1.165) is 11.4 Å². The molecule has 0 radical (unpaired) electrons. The van der Waals surface area contributed by atoms with Gasteiger partial charge in [-0.2, -0.15) is 15.5 Å². The standard InChI is InChI=1S/C9H11N3/c1-7(2)9-4-3-8(5-6-10)11-12-9/h3-4,7H,5H2,1-2H3. The molecule has 0 aliphatic rings. The molecule has 0 spiro atoms. The van der Waals surface area contributed by atoms with Crippen molar-refractivity contribution in [2.45, 2.75) is 26.2 Å². The molecule has 12 heavy (non-hydrogen) atoms. The van der Waals surface area contributed by atoms with Crippen molar-refractivity contribution in [1.82, 2.24) is 10.2 Å². The number of hydrogen-bond acceptors (Lipinski definition) is 3. The Balaban J connectivity index is 2.80. The molecule has 62 valence electrons. The lowest BCUT2D eigenvalue weighted by molar-refractivity contribution is 0.773. The van der Waals surface area contributed by atoms with Crippen LogP contribution in [0.1, 0.15) is 31.2 Å². The van der Waals surface area contributed by atoms with Gasteiger partial charge in [-0.1, -0.05) is 13.8 Å². The van der Waals surface area contributed by atoms with Crippen LogP contribution in [0.4, 0.5) is 0 Å². The topological polar surface area (TPSA) is 49.6 Å². The molecule has 0 aliphatic heterocycles. The maximum absolute atomic E-state index is 8.38. The zero-order valence-electron chi connectivity index (χ0n) is 7.28. The first kappa shape index (κ1) is 8.66. The SMILES string of the molecule is CC(C)c1ccc(CC#N)nn1. The van der Waals surface area contributed by atoms with Crippen molar-refractivity contribution in [3.63, 3.8) is 0 Å². The Morgan fingerprint density at radius 1 is 1.42 bits per heavy atom. The number of nitriles is 1. The fourth-order valence-electron chi connectivity index (χ4n) is 0.853. The van der Waals surface area contributed by atoms with Gasteiger partial charge in [-0.25, -0.2) is 0 Å². The monoisotopic (exact) mass is 161 g/mol. The summed E-state index contributed by atoms with van der Waals surface area (Å²) in [4.78, 5) is 0. The van der Waals surface area contributed by atoms with Gasteiger partial charge in [-0.15, -0.1) is 0 Å². The molecule has 1 aromatic rings. The Hall–Kier alpha value is -1.43. The van der Waals surface area contributed by atoms with Crippen LogP contribution in [-0.2, 0) is 6.42 Å². The molecular weight excluding hydrogens is 150 g/mol. The van der Waals surface area contributed by atoms with Crippen molar-refractivity contribution in [3.8, 4) is 6.07 Å². The minimum Gasteiger partial charge on any atom is -0.198 e. The van der Waals surface area contributed by atoms with Gasteiger partial charge in [0.2, 0.25) is 0 Å². The van der Waals surface area contributed by atoms with Gasteiger partial charge in [-0.05, 0) is 18.1 Å². The fourth-order valence-corrected chi connectivity index (χ4v) is 0.853. The summed E-state index contributed by atoms with van der Waals surface area (Å²) in [6, 6.07) is 5.80. The molecule has 3 heteroatoms. The smallest absolute Gasteiger partial charge is 0.0793 e. The molecule has 0 saturated carbocycles. The van der Waals surface area contributed by atoms with Crippen LogP contribution in [0.3, 0.4) is 0 Å². The van der Waals surface area contributed by atoms with E-state index < -0.39 is 0 Å². The van der Waals surface area contributed by atoms with Gasteiger partial charge in [0.1, 0.15) is 0 Å². The molecule has 0 N–H and O–H groups in total. The summed E-state index contributed by atoms with van der Waals surface area (Å²) in [5.41, 5.74) is 1.71. The van der Waals surface area contributed by atoms with Gasteiger partial charge < -0.3 is 0 Å². The van der Waals surface area contributed by atoms with E-state index in [2.05, 4.69) is 24.0 Å². The summed E-state index contributed by atoms with van der Waals surface area (Å²) in [7, 11) is 0. The summed E-state index contributed by atoms with van der Waals surface area (Å²) >= 11 is 0. The number of nitrogens with zero attached hydrogens (tertiary/aromatic N) is 3. The second-order valence-corrected chi connectivity index (χ2v) is 2.94. The summed E-state index contributed by atoms with van der Waals surface area (Å²) in [5.74, 6) is 0.397. The largest absolute Gasteiger partial charge is 0.198 e. The second-order valence-electron chi connectivity index (χ2n) is 2.94. The first-order chi connectivity index (χ1) is 5.74. The third kappa shape index (κ3) is 2.03. The summed E-state index contributed by atoms with van der Waals surface area (Å²) in [6.45, 7) is 4.13. The van der Waals surface area contributed by atoms with Gasteiger partial charge in [0.25, 0.3) is 0 Å². The highest BCUT2D eigenvalue weighted by molar-refractivity contribution is 5.11. The molecule has 0 unspecified atom stereocenters. The molecule has 1 heterocycles. The van der Waals surface area contributed by atoms with Gasteiger partial charge >= 0.3 is 0 Å². The second kappa shape index (κ2) is 3.82. The Morgan fingerprint density at radius 2 is 2.17 bits per heavy atom. The van der Waals surface area contributed by atoms with Crippen molar-refractivity contribution in [2.75, 3.05) is 0 Å². The average molecular weight is 161 g/mol. The summed E-state index contributed by atoms with van der Waals surface area (Å²) in [6.07, 6.45) is 0.339. The van der Waals surface area contributed by atoms with Gasteiger partial charge in [0.05, 0.1) is 23.9 Å². The molecule has 0 bridgehead atoms. The van der Waals surface area contributed by atoms with Gasteiger partial charge in [0, 0.05) is 0 Å². The fraction of sp³-hybridized carbons (Fsp3) is 0.444. The van der Waals surface area contributed by atoms with E-state index in [1.165, 1.54) is 0 Å². The Bertz CT molecular complexity index is 282. The van der Waals surface area contributed by atoms with Crippen LogP contribution >= 0.6 is 0 Å². The van der Waals surface area contributed by atoms with Crippen molar-refractivity contribution < 1.29 is 0 Å². The molecule has 0 atom stereocenters. The minimum absolute atomic E-state index is 0.339. The number of aromatic nitrogens is 2. The zero-order valence-corrected chi connectivity index (χ0v) is 7.28. The molecule has 0 fully saturated rings. The lowest BCUT2D eigenvalue weighted by Crippen LogP contribution is -1.97. The Kier molecular flexibility index (Phi) is 2.76. The van der Waals surface area contributed by atoms with E-state index in [4.69, 9.17) is 5.26 Å². The zero-order chi connectivity index (χ0) is 8.97. The molecule has 1 aromatic heterocycles. The maximum atomic E-state index is 8.38. The molecule has 3 nitrogen and oxygen atoms in total. The molecule has 0 aliphatic carbocycles. The highest BCUT2D eigenvalue weighted by atomic mass is 15.1. The van der Waals surface area contributed by atoms with Gasteiger partial charge in [-0.3, -0.25) is 0 Å². The Labute approximate surface area is 72.1 Å². The predicted molar refractivity (Wildman–Crippen MR) is 45.4 cm³/mol. The van der Waals surface area contributed by atoms with Gasteiger partial charge in [0.15, 0.2) is 0 Å². The summed E-state index contributed by atoms with van der Waals surface area (Å²) in [5, 5.41) is 16.3. The minimum atomic E-state index is 0.339. The van der Waals surface area contributed by atoms with Crippen LogP contribution in [0.15, 0.2) is 12.1 Å². The number of rotatable bonds is 2. The lowest BCUT2D eigenvalue weighted by Gasteiger charge is -2.01. The first-order valence-corrected chi connectivity index (χ1v) is 3.93. The van der Waals surface area contributed by atoms with E-state index in [1.54, 1.807) is 0 Å². The van der Waals surface area contributed by atoms with E-state index in [-0.39, 0.29) is 0 Å². The van der Waals surface area contributed by atoms with E-state index in [0.29, 0.717) is 12.3 Å². The molecule has 0 aromatic carbocycles. The molecule has 0 amide bonds. The van der Waals surface area contributed by atoms with E-state index in [9.17, 15) is 0 Å². The van der Waals surface area contributed by atoms with Crippen molar-refractivity contribution >= 4 is 0 Å². The lowest BCUT2D eigenvalue weighted by atomic mass is 10.1. The number of hydrogen-bond donors (Lipinski definition) is 0. The normalized spacial score (nSPS) is 9.83. The van der Waals surface area contributed by atoms with E-state index >= 15 is 0 Å². The summed E-state index contributed by atoms with van der Waals surface area (Å²) < 4.78 is 0. The van der Waals surface area contributed by atoms with Crippen LogP contribution < -0.4 is 0 Å². The van der Waals surface area contributed by atoms with Crippen molar-refractivity contribution in [1.29, 1.82) is 5.26 Å².